The predicted octanol–water partition coefficient (Wildman–Crippen LogP) is 3.28. The maximum absolute atomic E-state index is 11.8. The van der Waals surface area contributed by atoms with Crippen molar-refractivity contribution in [3.05, 3.63) is 55.0 Å². The molecule has 0 amide bonds. The number of hydrogen-bond acceptors (Lipinski definition) is 2. The summed E-state index contributed by atoms with van der Waals surface area (Å²) in [5.74, 6) is 0. The molecule has 0 bridgehead atoms. The first-order chi connectivity index (χ1) is 7.70. The lowest BCUT2D eigenvalue weighted by Crippen LogP contribution is -2.19. The van der Waals surface area contributed by atoms with Gasteiger partial charge >= 0.3 is 0 Å². The number of rotatable bonds is 3. The smallest absolute Gasteiger partial charge is 0.265 e. The monoisotopic (exact) mass is 297 g/mol. The maximum Gasteiger partial charge on any atom is 0.265 e. The minimum Gasteiger partial charge on any atom is -0.309 e. The molecule has 2 aromatic rings. The van der Waals surface area contributed by atoms with E-state index >= 15 is 0 Å². The van der Waals surface area contributed by atoms with Gasteiger partial charge in [0.25, 0.3) is 5.56 Å². The zero-order valence-electron chi connectivity index (χ0n) is 8.94. The molecule has 0 unspecified atom stereocenters. The fourth-order valence-electron chi connectivity index (χ4n) is 1.50. The molecule has 2 heterocycles. The quantitative estimate of drug-likeness (QED) is 0.852. The van der Waals surface area contributed by atoms with Crippen LogP contribution in [0, 0.1) is 0 Å². The van der Waals surface area contributed by atoms with Gasteiger partial charge in [-0.05, 0) is 46.6 Å². The Bertz CT molecular complexity index is 544. The molecule has 0 fully saturated rings. The van der Waals surface area contributed by atoms with Crippen molar-refractivity contribution < 1.29 is 0 Å². The molecule has 16 heavy (non-hydrogen) atoms. The van der Waals surface area contributed by atoms with Gasteiger partial charge in [0.2, 0.25) is 0 Å². The highest BCUT2D eigenvalue weighted by Gasteiger charge is 2.03. The van der Waals surface area contributed by atoms with Crippen LogP contribution in [0.5, 0.6) is 0 Å². The molecular weight excluding hydrogens is 286 g/mol. The van der Waals surface area contributed by atoms with Gasteiger partial charge in [-0.25, -0.2) is 0 Å². The van der Waals surface area contributed by atoms with Crippen LogP contribution in [0.2, 0.25) is 0 Å². The van der Waals surface area contributed by atoms with Crippen LogP contribution in [0.1, 0.15) is 16.7 Å². The van der Waals surface area contributed by atoms with Gasteiger partial charge in [0.05, 0.1) is 11.0 Å². The molecule has 4 heteroatoms. The fraction of sp³-hybridized carbons (Fsp3) is 0.250. The van der Waals surface area contributed by atoms with Crippen molar-refractivity contribution in [3.63, 3.8) is 0 Å². The summed E-state index contributed by atoms with van der Waals surface area (Å²) in [6.07, 6.45) is 2.87. The van der Waals surface area contributed by atoms with Crippen LogP contribution in [0.25, 0.3) is 0 Å². The molecule has 0 aliphatic carbocycles. The minimum absolute atomic E-state index is 0.0222. The Labute approximate surface area is 107 Å². The summed E-state index contributed by atoms with van der Waals surface area (Å²) in [5, 5.41) is 0. The molecule has 2 aromatic heterocycles. The SMILES string of the molecule is CCc1ccc(Cn2cccc(Br)c2=O)s1. The first kappa shape index (κ1) is 11.6. The number of nitrogens with zero attached hydrogens (tertiary/aromatic N) is 1. The third-order valence-corrected chi connectivity index (χ3v) is 4.18. The maximum atomic E-state index is 11.8. The third-order valence-electron chi connectivity index (χ3n) is 2.37. The van der Waals surface area contributed by atoms with Gasteiger partial charge in [-0.15, -0.1) is 11.3 Å². The van der Waals surface area contributed by atoms with E-state index in [1.165, 1.54) is 9.75 Å². The second-order valence-corrected chi connectivity index (χ2v) is 5.62. The van der Waals surface area contributed by atoms with Crippen molar-refractivity contribution in [1.29, 1.82) is 0 Å². The lowest BCUT2D eigenvalue weighted by Gasteiger charge is -2.03. The normalized spacial score (nSPS) is 10.6. The summed E-state index contributed by atoms with van der Waals surface area (Å²) < 4.78 is 2.33. The average molecular weight is 298 g/mol. The number of aryl methyl sites for hydroxylation is 1. The predicted molar refractivity (Wildman–Crippen MR) is 71.2 cm³/mol. The minimum atomic E-state index is 0.0222. The highest BCUT2D eigenvalue weighted by Crippen LogP contribution is 2.17. The van der Waals surface area contributed by atoms with Crippen LogP contribution in [-0.4, -0.2) is 4.57 Å². The van der Waals surface area contributed by atoms with Crippen molar-refractivity contribution in [1.82, 2.24) is 4.57 Å². The van der Waals surface area contributed by atoms with Crippen molar-refractivity contribution in [3.8, 4) is 0 Å². The Morgan fingerprint density at radius 3 is 2.75 bits per heavy atom. The van der Waals surface area contributed by atoms with Crippen LogP contribution < -0.4 is 5.56 Å². The molecule has 0 atom stereocenters. The Morgan fingerprint density at radius 2 is 2.06 bits per heavy atom. The summed E-state index contributed by atoms with van der Waals surface area (Å²) in [6.45, 7) is 2.80. The molecule has 0 aromatic carbocycles. The van der Waals surface area contributed by atoms with Crippen molar-refractivity contribution in [2.24, 2.45) is 0 Å². The Kier molecular flexibility index (Phi) is 3.61. The Morgan fingerprint density at radius 1 is 1.31 bits per heavy atom. The Hall–Kier alpha value is -0.870. The van der Waals surface area contributed by atoms with Crippen LogP contribution in [0.4, 0.5) is 0 Å². The second kappa shape index (κ2) is 4.97. The highest BCUT2D eigenvalue weighted by molar-refractivity contribution is 9.10. The van der Waals surface area contributed by atoms with E-state index in [1.54, 1.807) is 22.0 Å². The summed E-state index contributed by atoms with van der Waals surface area (Å²) in [4.78, 5) is 14.3. The van der Waals surface area contributed by atoms with Gasteiger partial charge in [-0.1, -0.05) is 6.92 Å². The van der Waals surface area contributed by atoms with E-state index in [4.69, 9.17) is 0 Å². The number of thiophene rings is 1. The topological polar surface area (TPSA) is 22.0 Å². The molecule has 0 aliphatic rings. The van der Waals surface area contributed by atoms with Crippen molar-refractivity contribution in [2.45, 2.75) is 19.9 Å². The fourth-order valence-corrected chi connectivity index (χ4v) is 2.83. The molecule has 0 N–H and O–H groups in total. The van der Waals surface area contributed by atoms with Gasteiger partial charge in [-0.2, -0.15) is 0 Å². The molecule has 0 saturated heterocycles. The molecule has 0 saturated carbocycles. The molecule has 2 nitrogen and oxygen atoms in total. The van der Waals surface area contributed by atoms with E-state index in [0.29, 0.717) is 11.0 Å². The second-order valence-electron chi connectivity index (χ2n) is 3.51. The number of aromatic nitrogens is 1. The number of halogens is 1. The van der Waals surface area contributed by atoms with Crippen LogP contribution in [0.3, 0.4) is 0 Å². The number of hydrogen-bond donors (Lipinski definition) is 0. The lowest BCUT2D eigenvalue weighted by molar-refractivity contribution is 0.765. The van der Waals surface area contributed by atoms with Crippen LogP contribution in [-0.2, 0) is 13.0 Å². The highest BCUT2D eigenvalue weighted by atomic mass is 79.9. The van der Waals surface area contributed by atoms with Gasteiger partial charge < -0.3 is 4.57 Å². The van der Waals surface area contributed by atoms with Crippen molar-refractivity contribution in [2.75, 3.05) is 0 Å². The van der Waals surface area contributed by atoms with E-state index in [9.17, 15) is 4.79 Å². The summed E-state index contributed by atoms with van der Waals surface area (Å²) in [7, 11) is 0. The van der Waals surface area contributed by atoms with Gasteiger partial charge in [0, 0.05) is 16.0 Å². The van der Waals surface area contributed by atoms with E-state index in [1.807, 2.05) is 12.3 Å². The first-order valence-electron chi connectivity index (χ1n) is 5.13. The largest absolute Gasteiger partial charge is 0.309 e. The van der Waals surface area contributed by atoms with Crippen LogP contribution >= 0.6 is 27.3 Å². The van der Waals surface area contributed by atoms with Gasteiger partial charge in [-0.3, -0.25) is 4.79 Å². The molecule has 0 radical (unpaired) electrons. The number of pyridine rings is 1. The Balaban J connectivity index is 2.27. The third kappa shape index (κ3) is 2.44. The van der Waals surface area contributed by atoms with E-state index in [-0.39, 0.29) is 5.56 Å². The molecule has 2 rings (SSSR count). The summed E-state index contributed by atoms with van der Waals surface area (Å²) >= 11 is 5.02. The standard InChI is InChI=1S/C12H12BrNOS/c1-2-9-5-6-10(16-9)8-14-7-3-4-11(13)12(14)15/h3-7H,2,8H2,1H3. The first-order valence-corrected chi connectivity index (χ1v) is 6.74. The van der Waals surface area contributed by atoms with Gasteiger partial charge in [0.15, 0.2) is 0 Å². The zero-order chi connectivity index (χ0) is 11.5. The van der Waals surface area contributed by atoms with E-state index in [2.05, 4.69) is 35.0 Å². The molecule has 84 valence electrons. The van der Waals surface area contributed by atoms with Crippen molar-refractivity contribution >= 4 is 27.3 Å². The lowest BCUT2D eigenvalue weighted by atomic mass is 10.3. The summed E-state index contributed by atoms with van der Waals surface area (Å²) in [6, 6.07) is 7.87. The van der Waals surface area contributed by atoms with Gasteiger partial charge in [0.1, 0.15) is 0 Å². The zero-order valence-corrected chi connectivity index (χ0v) is 11.3. The molecular formula is C12H12BrNOS. The molecule has 0 spiro atoms. The van der Waals surface area contributed by atoms with E-state index in [0.717, 1.165) is 6.42 Å². The van der Waals surface area contributed by atoms with Crippen LogP contribution in [0.15, 0.2) is 39.7 Å². The van der Waals surface area contributed by atoms with E-state index < -0.39 is 0 Å². The summed E-state index contributed by atoms with van der Waals surface area (Å²) in [5.41, 5.74) is 0.0222. The average Bonchev–Trinajstić information content (AvgIpc) is 2.73. The molecule has 0 aliphatic heterocycles.